The van der Waals surface area contributed by atoms with Crippen molar-refractivity contribution in [2.45, 2.75) is 18.9 Å². The van der Waals surface area contributed by atoms with Crippen LogP contribution in [0.4, 0.5) is 0 Å². The van der Waals surface area contributed by atoms with Gasteiger partial charge in [0, 0.05) is 20.0 Å². The fraction of sp³-hybridized carbons (Fsp3) is 0.600. The topological polar surface area (TPSA) is 114 Å². The molecule has 1 atom stereocenters. The Balaban J connectivity index is 2.39. The maximum Gasteiger partial charge on any atom is 0.358 e. The highest BCUT2D eigenvalue weighted by Gasteiger charge is 2.34. The molecule has 0 spiro atoms. The maximum absolute atomic E-state index is 11.9. The van der Waals surface area contributed by atoms with Crippen molar-refractivity contribution in [1.82, 2.24) is 19.9 Å². The van der Waals surface area contributed by atoms with E-state index in [-0.39, 0.29) is 18.1 Å². The number of hydrogen-bond acceptors (Lipinski definition) is 5. The van der Waals surface area contributed by atoms with Crippen molar-refractivity contribution in [3.8, 4) is 0 Å². The van der Waals surface area contributed by atoms with E-state index in [1.54, 1.807) is 11.9 Å². The van der Waals surface area contributed by atoms with E-state index in [1.165, 1.54) is 4.68 Å². The molecule has 0 aliphatic carbocycles. The molecule has 0 aromatic carbocycles. The number of carboxylic acids is 1. The van der Waals surface area contributed by atoms with E-state index in [0.29, 0.717) is 25.1 Å². The van der Waals surface area contributed by atoms with Gasteiger partial charge in [-0.2, -0.15) is 0 Å². The van der Waals surface area contributed by atoms with E-state index in [0.717, 1.165) is 0 Å². The first-order valence-corrected chi connectivity index (χ1v) is 5.68. The zero-order valence-electron chi connectivity index (χ0n) is 10.0. The van der Waals surface area contributed by atoms with E-state index in [1.807, 2.05) is 0 Å². The number of hydrogen-bond donors (Lipinski definition) is 2. The molecule has 8 nitrogen and oxygen atoms in total. The molecule has 18 heavy (non-hydrogen) atoms. The number of rotatable bonds is 4. The minimum absolute atomic E-state index is 0.0740. The zero-order chi connectivity index (χ0) is 13.3. The molecule has 2 heterocycles. The molecule has 1 fully saturated rings. The summed E-state index contributed by atoms with van der Waals surface area (Å²) >= 11 is 0. The lowest BCUT2D eigenvalue weighted by atomic mass is 10.2. The number of amides is 1. The number of carboxylic acid groups (broad SMARTS) is 1. The Morgan fingerprint density at radius 2 is 2.33 bits per heavy atom. The predicted octanol–water partition coefficient (Wildman–Crippen LogP) is -1.12. The summed E-state index contributed by atoms with van der Waals surface area (Å²) < 4.78 is 1.40. The van der Waals surface area contributed by atoms with E-state index < -0.39 is 12.0 Å². The molecular weight excluding hydrogens is 238 g/mol. The number of carbonyl (C=O) groups excluding carboxylic acids is 1. The van der Waals surface area contributed by atoms with Gasteiger partial charge in [0.05, 0.1) is 5.69 Å². The van der Waals surface area contributed by atoms with Gasteiger partial charge in [-0.25, -0.2) is 9.48 Å². The number of aromatic carboxylic acids is 1. The van der Waals surface area contributed by atoms with Crippen molar-refractivity contribution in [2.75, 3.05) is 20.1 Å². The summed E-state index contributed by atoms with van der Waals surface area (Å²) in [6.45, 7) is 0.915. The number of nitrogens with two attached hydrogens (primary N) is 1. The summed E-state index contributed by atoms with van der Waals surface area (Å²) in [7, 11) is 1.71. The number of likely N-dealkylation sites (N-methyl/N-ethyl adjacent to an activating group) is 1. The maximum atomic E-state index is 11.9. The van der Waals surface area contributed by atoms with Gasteiger partial charge in [0.25, 0.3) is 0 Å². The smallest absolute Gasteiger partial charge is 0.358 e. The highest BCUT2D eigenvalue weighted by atomic mass is 16.4. The van der Waals surface area contributed by atoms with Crippen molar-refractivity contribution in [3.63, 3.8) is 0 Å². The minimum Gasteiger partial charge on any atom is -0.476 e. The average molecular weight is 253 g/mol. The first-order chi connectivity index (χ1) is 8.56. The zero-order valence-corrected chi connectivity index (χ0v) is 10.0. The third-order valence-electron chi connectivity index (χ3n) is 3.07. The number of nitrogens with zero attached hydrogens (tertiary/aromatic N) is 4. The van der Waals surface area contributed by atoms with Gasteiger partial charge >= 0.3 is 5.97 Å². The predicted molar refractivity (Wildman–Crippen MR) is 61.0 cm³/mol. The lowest BCUT2D eigenvalue weighted by Crippen LogP contribution is -2.26. The summed E-state index contributed by atoms with van der Waals surface area (Å²) in [5, 5.41) is 16.4. The van der Waals surface area contributed by atoms with Crippen molar-refractivity contribution < 1.29 is 14.7 Å². The van der Waals surface area contributed by atoms with Gasteiger partial charge in [0.2, 0.25) is 5.91 Å². The second-order valence-electron chi connectivity index (χ2n) is 4.24. The molecule has 1 amide bonds. The van der Waals surface area contributed by atoms with Crippen LogP contribution in [-0.2, 0) is 11.2 Å². The second-order valence-corrected chi connectivity index (χ2v) is 4.24. The molecular formula is C10H15N5O3. The molecule has 2 rings (SSSR count). The Bertz CT molecular complexity index is 484. The van der Waals surface area contributed by atoms with Gasteiger partial charge in [-0.3, -0.25) is 4.79 Å². The largest absolute Gasteiger partial charge is 0.476 e. The van der Waals surface area contributed by atoms with Gasteiger partial charge in [-0.1, -0.05) is 5.21 Å². The minimum atomic E-state index is -1.15. The summed E-state index contributed by atoms with van der Waals surface area (Å²) in [6, 6.07) is -0.461. The van der Waals surface area contributed by atoms with Crippen molar-refractivity contribution in [3.05, 3.63) is 11.4 Å². The molecule has 1 aromatic heterocycles. The van der Waals surface area contributed by atoms with Crippen LogP contribution in [0, 0.1) is 0 Å². The van der Waals surface area contributed by atoms with Crippen LogP contribution in [0.25, 0.3) is 0 Å². The lowest BCUT2D eigenvalue weighted by molar-refractivity contribution is -0.129. The standard InChI is InChI=1S/C10H15N5O3/c1-14-5-3-7(9(14)16)15-6(2-4-11)8(10(17)18)12-13-15/h7H,2-5,11H2,1H3,(H,17,18). The number of carbonyl (C=O) groups is 2. The highest BCUT2D eigenvalue weighted by Crippen LogP contribution is 2.23. The van der Waals surface area contributed by atoms with Crippen LogP contribution in [0.3, 0.4) is 0 Å². The van der Waals surface area contributed by atoms with Gasteiger partial charge in [0.1, 0.15) is 6.04 Å². The van der Waals surface area contributed by atoms with E-state index >= 15 is 0 Å². The van der Waals surface area contributed by atoms with Gasteiger partial charge in [-0.15, -0.1) is 5.10 Å². The molecule has 1 saturated heterocycles. The van der Waals surface area contributed by atoms with Crippen molar-refractivity contribution >= 4 is 11.9 Å². The van der Waals surface area contributed by atoms with Crippen LogP contribution < -0.4 is 5.73 Å². The molecule has 1 aliphatic heterocycles. The monoisotopic (exact) mass is 253 g/mol. The molecule has 1 aliphatic rings. The molecule has 98 valence electrons. The molecule has 3 N–H and O–H groups in total. The Morgan fingerprint density at radius 1 is 1.61 bits per heavy atom. The highest BCUT2D eigenvalue weighted by molar-refractivity contribution is 5.87. The van der Waals surface area contributed by atoms with Gasteiger partial charge in [-0.05, 0) is 13.0 Å². The molecule has 0 radical (unpaired) electrons. The first kappa shape index (κ1) is 12.5. The van der Waals surface area contributed by atoms with Crippen LogP contribution in [0.1, 0.15) is 28.6 Å². The molecule has 8 heteroatoms. The average Bonchev–Trinajstić information content (AvgIpc) is 2.86. The quantitative estimate of drug-likeness (QED) is 0.702. The molecule has 0 bridgehead atoms. The summed E-state index contributed by atoms with van der Waals surface area (Å²) in [4.78, 5) is 24.5. The van der Waals surface area contributed by atoms with E-state index in [2.05, 4.69) is 10.3 Å². The third-order valence-corrected chi connectivity index (χ3v) is 3.07. The van der Waals surface area contributed by atoms with E-state index in [4.69, 9.17) is 10.8 Å². The first-order valence-electron chi connectivity index (χ1n) is 5.68. The molecule has 1 unspecified atom stereocenters. The van der Waals surface area contributed by atoms with Crippen LogP contribution >= 0.6 is 0 Å². The normalized spacial score (nSPS) is 19.6. The number of likely N-dealkylation sites (tertiary alicyclic amines) is 1. The van der Waals surface area contributed by atoms with E-state index in [9.17, 15) is 9.59 Å². The van der Waals surface area contributed by atoms with Gasteiger partial charge in [0.15, 0.2) is 5.69 Å². The van der Waals surface area contributed by atoms with Gasteiger partial charge < -0.3 is 15.7 Å². The van der Waals surface area contributed by atoms with Crippen molar-refractivity contribution in [2.24, 2.45) is 5.73 Å². The Morgan fingerprint density at radius 3 is 2.83 bits per heavy atom. The van der Waals surface area contributed by atoms with Crippen LogP contribution in [0.5, 0.6) is 0 Å². The molecule has 0 saturated carbocycles. The molecule has 1 aromatic rings. The Hall–Kier alpha value is -1.96. The summed E-state index contributed by atoms with van der Waals surface area (Å²) in [5.41, 5.74) is 5.75. The Kier molecular flexibility index (Phi) is 3.28. The van der Waals surface area contributed by atoms with Crippen LogP contribution in [0.2, 0.25) is 0 Å². The number of aromatic nitrogens is 3. The SMILES string of the molecule is CN1CCC(n2nnc(C(=O)O)c2CCN)C1=O. The fourth-order valence-electron chi connectivity index (χ4n) is 2.13. The summed E-state index contributed by atoms with van der Waals surface area (Å²) in [5.74, 6) is -1.22. The lowest BCUT2D eigenvalue weighted by Gasteiger charge is -2.12. The summed E-state index contributed by atoms with van der Waals surface area (Å²) in [6.07, 6.45) is 0.942. The third kappa shape index (κ3) is 1.94. The van der Waals surface area contributed by atoms with Crippen molar-refractivity contribution in [1.29, 1.82) is 0 Å². The van der Waals surface area contributed by atoms with Crippen LogP contribution in [0.15, 0.2) is 0 Å². The second kappa shape index (κ2) is 4.73. The fourth-order valence-corrected chi connectivity index (χ4v) is 2.13. The Labute approximate surface area is 103 Å². The van der Waals surface area contributed by atoms with Crippen LogP contribution in [-0.4, -0.2) is 57.0 Å².